The second kappa shape index (κ2) is 11.0. The summed E-state index contributed by atoms with van der Waals surface area (Å²) in [6.07, 6.45) is 3.72. The minimum Gasteiger partial charge on any atom is -0.453 e. The molecule has 0 unspecified atom stereocenters. The molecule has 7 aromatic carbocycles. The van der Waals surface area contributed by atoms with Gasteiger partial charge in [0.15, 0.2) is 5.58 Å². The van der Waals surface area contributed by atoms with Gasteiger partial charge in [0.05, 0.1) is 16.7 Å². The van der Waals surface area contributed by atoms with Crippen molar-refractivity contribution in [2.75, 3.05) is 4.90 Å². The number of hydrogen-bond donors (Lipinski definition) is 0. The number of hydrogen-bond acceptors (Lipinski definition) is 3. The monoisotopic (exact) mass is 627 g/mol. The lowest BCUT2D eigenvalue weighted by molar-refractivity contribution is 0.673. The normalized spacial score (nSPS) is 11.7. The second-order valence-electron chi connectivity index (χ2n) is 12.4. The van der Waals surface area contributed by atoms with Crippen LogP contribution in [0.1, 0.15) is 0 Å². The third kappa shape index (κ3) is 4.35. The van der Waals surface area contributed by atoms with Gasteiger partial charge < -0.3 is 13.9 Å². The predicted octanol–water partition coefficient (Wildman–Crippen LogP) is 12.4. The molecule has 230 valence electrons. The average molecular weight is 628 g/mol. The van der Waals surface area contributed by atoms with E-state index in [4.69, 9.17) is 4.42 Å². The van der Waals surface area contributed by atoms with Crippen molar-refractivity contribution in [1.29, 1.82) is 0 Å². The SMILES string of the molecule is c1ccc(-c2ccc(N(c3ccc4c(c3)c3ccccc3n4-c3ccccc3)c3cccc4c3oc3c5ccncc5ccc43)cc2)cc1. The first-order chi connectivity index (χ1) is 24.3. The predicted molar refractivity (Wildman–Crippen MR) is 203 cm³/mol. The van der Waals surface area contributed by atoms with E-state index >= 15 is 0 Å². The highest BCUT2D eigenvalue weighted by Crippen LogP contribution is 2.45. The summed E-state index contributed by atoms with van der Waals surface area (Å²) in [4.78, 5) is 6.67. The van der Waals surface area contributed by atoms with E-state index in [1.54, 1.807) is 0 Å². The van der Waals surface area contributed by atoms with Crippen LogP contribution in [-0.4, -0.2) is 9.55 Å². The number of furan rings is 1. The standard InChI is InChI=1S/C45H29N3O/c1-3-10-30(11-4-1)31-18-21-34(22-19-31)47(43-17-9-15-38-39-24-20-32-29-46-27-26-36(32)44(39)49-45(38)43)35-23-25-42-40(28-35)37-14-7-8-16-41(37)48(42)33-12-5-2-6-13-33/h1-29H. The molecule has 4 nitrogen and oxygen atoms in total. The van der Waals surface area contributed by atoms with Gasteiger partial charge in [-0.05, 0) is 77.9 Å². The van der Waals surface area contributed by atoms with Crippen LogP contribution < -0.4 is 4.90 Å². The largest absolute Gasteiger partial charge is 0.453 e. The molecule has 10 rings (SSSR count). The summed E-state index contributed by atoms with van der Waals surface area (Å²) in [5.41, 5.74) is 10.7. The van der Waals surface area contributed by atoms with Gasteiger partial charge >= 0.3 is 0 Å². The lowest BCUT2D eigenvalue weighted by Gasteiger charge is -2.26. The lowest BCUT2D eigenvalue weighted by Crippen LogP contribution is -2.10. The molecule has 0 fully saturated rings. The second-order valence-corrected chi connectivity index (χ2v) is 12.4. The van der Waals surface area contributed by atoms with Crippen molar-refractivity contribution in [2.24, 2.45) is 0 Å². The zero-order chi connectivity index (χ0) is 32.3. The van der Waals surface area contributed by atoms with Gasteiger partial charge in [-0.15, -0.1) is 0 Å². The average Bonchev–Trinajstić information content (AvgIpc) is 3.73. The van der Waals surface area contributed by atoms with Gasteiger partial charge in [-0.3, -0.25) is 4.98 Å². The van der Waals surface area contributed by atoms with Gasteiger partial charge in [0, 0.05) is 61.8 Å². The molecular weight excluding hydrogens is 599 g/mol. The summed E-state index contributed by atoms with van der Waals surface area (Å²) in [7, 11) is 0. The van der Waals surface area contributed by atoms with Crippen LogP contribution in [0.4, 0.5) is 17.1 Å². The van der Waals surface area contributed by atoms with Gasteiger partial charge in [0.25, 0.3) is 0 Å². The Morgan fingerprint density at radius 1 is 0.469 bits per heavy atom. The number of benzene rings is 7. The molecule has 3 aromatic heterocycles. The number of anilines is 3. The topological polar surface area (TPSA) is 34.2 Å². The number of aromatic nitrogens is 2. The Morgan fingerprint density at radius 3 is 2.02 bits per heavy atom. The van der Waals surface area contributed by atoms with E-state index in [-0.39, 0.29) is 0 Å². The fraction of sp³-hybridized carbons (Fsp3) is 0. The van der Waals surface area contributed by atoms with Gasteiger partial charge in [-0.25, -0.2) is 0 Å². The number of para-hydroxylation sites is 3. The maximum Gasteiger partial charge on any atom is 0.159 e. The van der Waals surface area contributed by atoms with E-state index in [0.717, 1.165) is 61.0 Å². The quantitative estimate of drug-likeness (QED) is 0.190. The summed E-state index contributed by atoms with van der Waals surface area (Å²) in [5, 5.41) is 6.70. The van der Waals surface area contributed by atoms with Crippen LogP contribution in [-0.2, 0) is 0 Å². The first kappa shape index (κ1) is 27.5. The maximum absolute atomic E-state index is 6.86. The van der Waals surface area contributed by atoms with Crippen LogP contribution in [0.3, 0.4) is 0 Å². The molecule has 49 heavy (non-hydrogen) atoms. The Balaban J connectivity index is 1.23. The van der Waals surface area contributed by atoms with Crippen molar-refractivity contribution < 1.29 is 4.42 Å². The van der Waals surface area contributed by atoms with Crippen LogP contribution in [0.5, 0.6) is 0 Å². The molecule has 0 bridgehead atoms. The van der Waals surface area contributed by atoms with E-state index in [1.807, 2.05) is 18.5 Å². The molecule has 3 heterocycles. The van der Waals surface area contributed by atoms with Gasteiger partial charge in [0.2, 0.25) is 0 Å². The number of rotatable bonds is 5. The highest BCUT2D eigenvalue weighted by atomic mass is 16.3. The molecule has 0 amide bonds. The van der Waals surface area contributed by atoms with Crippen molar-refractivity contribution in [3.05, 3.63) is 176 Å². The molecule has 0 aliphatic carbocycles. The molecule has 0 atom stereocenters. The van der Waals surface area contributed by atoms with Crippen LogP contribution in [0.2, 0.25) is 0 Å². The molecule has 0 N–H and O–H groups in total. The smallest absolute Gasteiger partial charge is 0.159 e. The van der Waals surface area contributed by atoms with Crippen molar-refractivity contribution >= 4 is 71.6 Å². The minimum atomic E-state index is 0.848. The molecule has 0 radical (unpaired) electrons. The molecule has 0 saturated carbocycles. The van der Waals surface area contributed by atoms with E-state index < -0.39 is 0 Å². The molecule has 0 aliphatic rings. The Bertz CT molecular complexity index is 2820. The highest BCUT2D eigenvalue weighted by molar-refractivity contribution is 6.18. The molecule has 0 spiro atoms. The van der Waals surface area contributed by atoms with Crippen LogP contribution >= 0.6 is 0 Å². The Labute approximate surface area is 282 Å². The van der Waals surface area contributed by atoms with Crippen molar-refractivity contribution in [3.8, 4) is 16.8 Å². The summed E-state index contributed by atoms with van der Waals surface area (Å²) in [6, 6.07) is 58.2. The Hall–Kier alpha value is -6.65. The maximum atomic E-state index is 6.86. The molecule has 4 heteroatoms. The first-order valence-electron chi connectivity index (χ1n) is 16.5. The third-order valence-electron chi connectivity index (χ3n) is 9.66. The highest BCUT2D eigenvalue weighted by Gasteiger charge is 2.22. The van der Waals surface area contributed by atoms with Crippen LogP contribution in [0.15, 0.2) is 181 Å². The van der Waals surface area contributed by atoms with Gasteiger partial charge in [-0.1, -0.05) is 97.1 Å². The summed E-state index contributed by atoms with van der Waals surface area (Å²) >= 11 is 0. The van der Waals surface area contributed by atoms with Crippen LogP contribution in [0.25, 0.3) is 71.3 Å². The molecule has 0 saturated heterocycles. The molecular formula is C45H29N3O. The van der Waals surface area contributed by atoms with Gasteiger partial charge in [-0.2, -0.15) is 0 Å². The van der Waals surface area contributed by atoms with Crippen molar-refractivity contribution in [2.45, 2.75) is 0 Å². The lowest BCUT2D eigenvalue weighted by atomic mass is 10.0. The Morgan fingerprint density at radius 2 is 1.16 bits per heavy atom. The number of nitrogens with zero attached hydrogens (tertiary/aromatic N) is 3. The van der Waals surface area contributed by atoms with E-state index in [0.29, 0.717) is 0 Å². The zero-order valence-corrected chi connectivity index (χ0v) is 26.5. The summed E-state index contributed by atoms with van der Waals surface area (Å²) in [5.74, 6) is 0. The molecule has 0 aliphatic heterocycles. The van der Waals surface area contributed by atoms with E-state index in [9.17, 15) is 0 Å². The Kier molecular flexibility index (Phi) is 6.15. The fourth-order valence-electron chi connectivity index (χ4n) is 7.40. The van der Waals surface area contributed by atoms with Crippen molar-refractivity contribution in [1.82, 2.24) is 9.55 Å². The molecule has 10 aromatic rings. The minimum absolute atomic E-state index is 0.848. The number of fused-ring (bicyclic) bond motifs is 8. The van der Waals surface area contributed by atoms with E-state index in [2.05, 4.69) is 172 Å². The van der Waals surface area contributed by atoms with Crippen LogP contribution in [0, 0.1) is 0 Å². The fourth-order valence-corrected chi connectivity index (χ4v) is 7.40. The van der Waals surface area contributed by atoms with Gasteiger partial charge in [0.1, 0.15) is 5.58 Å². The van der Waals surface area contributed by atoms with Crippen molar-refractivity contribution in [3.63, 3.8) is 0 Å². The third-order valence-corrected chi connectivity index (χ3v) is 9.66. The van der Waals surface area contributed by atoms with E-state index in [1.165, 1.54) is 27.4 Å². The first-order valence-corrected chi connectivity index (χ1v) is 16.5. The number of pyridine rings is 1. The summed E-state index contributed by atoms with van der Waals surface area (Å²) in [6.45, 7) is 0. The summed E-state index contributed by atoms with van der Waals surface area (Å²) < 4.78 is 9.21. The zero-order valence-electron chi connectivity index (χ0n) is 26.5.